The average molecular weight is 340 g/mol. The maximum atomic E-state index is 10.9. The van der Waals surface area contributed by atoms with Crippen LogP contribution in [-0.4, -0.2) is 17.1 Å². The van der Waals surface area contributed by atoms with Crippen LogP contribution in [0.1, 0.15) is 54.9 Å². The second-order valence-corrected chi connectivity index (χ2v) is 6.47. The number of carboxylic acids is 1. The van der Waals surface area contributed by atoms with E-state index >= 15 is 0 Å². The Labute approximate surface area is 128 Å². The first-order chi connectivity index (χ1) is 9.60. The predicted octanol–water partition coefficient (Wildman–Crippen LogP) is 4.21. The monoisotopic (exact) mass is 339 g/mol. The molecule has 0 aromatic heterocycles. The van der Waals surface area contributed by atoms with Gasteiger partial charge >= 0.3 is 5.97 Å². The SMILES string of the molecule is CCC1CCC(NCc2ccc(C(=O)O)cc2Br)CC1. The fraction of sp³-hybridized carbons (Fsp3) is 0.562. The zero-order valence-corrected chi connectivity index (χ0v) is 13.4. The van der Waals surface area contributed by atoms with Crippen molar-refractivity contribution in [2.75, 3.05) is 0 Å². The van der Waals surface area contributed by atoms with Gasteiger partial charge in [0.25, 0.3) is 0 Å². The molecule has 1 aromatic rings. The largest absolute Gasteiger partial charge is 0.478 e. The average Bonchev–Trinajstić information content (AvgIpc) is 2.46. The topological polar surface area (TPSA) is 49.3 Å². The summed E-state index contributed by atoms with van der Waals surface area (Å²) in [5.41, 5.74) is 1.44. The van der Waals surface area contributed by atoms with Crippen LogP contribution in [0.25, 0.3) is 0 Å². The summed E-state index contributed by atoms with van der Waals surface area (Å²) in [6.07, 6.45) is 6.46. The van der Waals surface area contributed by atoms with Crippen LogP contribution in [0.5, 0.6) is 0 Å². The Morgan fingerprint density at radius 1 is 1.35 bits per heavy atom. The van der Waals surface area contributed by atoms with Gasteiger partial charge in [-0.05, 0) is 49.3 Å². The second-order valence-electron chi connectivity index (χ2n) is 5.62. The van der Waals surface area contributed by atoms with E-state index < -0.39 is 5.97 Å². The molecule has 4 heteroatoms. The molecule has 2 N–H and O–H groups in total. The fourth-order valence-electron chi connectivity index (χ4n) is 2.85. The molecule has 0 atom stereocenters. The van der Waals surface area contributed by atoms with E-state index in [0.29, 0.717) is 11.6 Å². The van der Waals surface area contributed by atoms with Crippen LogP contribution in [0.15, 0.2) is 22.7 Å². The number of carbonyl (C=O) groups is 1. The van der Waals surface area contributed by atoms with Crippen LogP contribution in [0.2, 0.25) is 0 Å². The first kappa shape index (κ1) is 15.5. The van der Waals surface area contributed by atoms with Crippen molar-refractivity contribution in [1.82, 2.24) is 5.32 Å². The zero-order chi connectivity index (χ0) is 14.5. The molecule has 0 radical (unpaired) electrons. The lowest BCUT2D eigenvalue weighted by Crippen LogP contribution is -2.32. The van der Waals surface area contributed by atoms with Gasteiger partial charge in [-0.1, -0.05) is 35.3 Å². The molecule has 1 saturated carbocycles. The molecule has 1 aliphatic carbocycles. The molecule has 0 heterocycles. The molecule has 0 unspecified atom stereocenters. The minimum Gasteiger partial charge on any atom is -0.478 e. The van der Waals surface area contributed by atoms with E-state index in [0.717, 1.165) is 22.5 Å². The van der Waals surface area contributed by atoms with Crippen molar-refractivity contribution in [2.24, 2.45) is 5.92 Å². The number of halogens is 1. The summed E-state index contributed by atoms with van der Waals surface area (Å²) in [5.74, 6) is 0.0257. The van der Waals surface area contributed by atoms with Gasteiger partial charge in [0.1, 0.15) is 0 Å². The minimum absolute atomic E-state index is 0.323. The van der Waals surface area contributed by atoms with Gasteiger partial charge in [0.05, 0.1) is 5.56 Å². The Balaban J connectivity index is 1.87. The van der Waals surface area contributed by atoms with Crippen LogP contribution >= 0.6 is 15.9 Å². The van der Waals surface area contributed by atoms with Gasteiger partial charge in [-0.2, -0.15) is 0 Å². The van der Waals surface area contributed by atoms with E-state index in [9.17, 15) is 4.79 Å². The lowest BCUT2D eigenvalue weighted by atomic mass is 9.84. The number of carboxylic acid groups (broad SMARTS) is 1. The molecule has 0 saturated heterocycles. The first-order valence-corrected chi connectivity index (χ1v) is 8.14. The molecule has 2 rings (SSSR count). The number of rotatable bonds is 5. The lowest BCUT2D eigenvalue weighted by molar-refractivity contribution is 0.0697. The van der Waals surface area contributed by atoms with Crippen LogP contribution in [0.4, 0.5) is 0 Å². The highest BCUT2D eigenvalue weighted by Gasteiger charge is 2.19. The number of benzene rings is 1. The number of nitrogens with one attached hydrogen (secondary N) is 1. The van der Waals surface area contributed by atoms with Crippen molar-refractivity contribution < 1.29 is 9.90 Å². The summed E-state index contributed by atoms with van der Waals surface area (Å²) in [6, 6.07) is 5.83. The molecular weight excluding hydrogens is 318 g/mol. The third-order valence-corrected chi connectivity index (χ3v) is 5.04. The quantitative estimate of drug-likeness (QED) is 0.844. The van der Waals surface area contributed by atoms with E-state index in [1.165, 1.54) is 32.1 Å². The fourth-order valence-corrected chi connectivity index (χ4v) is 3.37. The summed E-state index contributed by atoms with van der Waals surface area (Å²) in [6.45, 7) is 3.07. The van der Waals surface area contributed by atoms with Crippen LogP contribution < -0.4 is 5.32 Å². The Morgan fingerprint density at radius 2 is 2.05 bits per heavy atom. The Kier molecular flexibility index (Phi) is 5.61. The van der Waals surface area contributed by atoms with Crippen molar-refractivity contribution in [3.05, 3.63) is 33.8 Å². The van der Waals surface area contributed by atoms with Crippen molar-refractivity contribution in [1.29, 1.82) is 0 Å². The smallest absolute Gasteiger partial charge is 0.335 e. The molecule has 110 valence electrons. The number of hydrogen-bond acceptors (Lipinski definition) is 2. The maximum Gasteiger partial charge on any atom is 0.335 e. The van der Waals surface area contributed by atoms with E-state index in [-0.39, 0.29) is 0 Å². The molecular formula is C16H22BrNO2. The summed E-state index contributed by atoms with van der Waals surface area (Å²) in [7, 11) is 0. The van der Waals surface area contributed by atoms with Gasteiger partial charge in [-0.3, -0.25) is 0 Å². The molecule has 1 aromatic carbocycles. The van der Waals surface area contributed by atoms with Crippen LogP contribution in [0, 0.1) is 5.92 Å². The molecule has 0 amide bonds. The highest BCUT2D eigenvalue weighted by molar-refractivity contribution is 9.10. The summed E-state index contributed by atoms with van der Waals surface area (Å²) in [4.78, 5) is 10.9. The third-order valence-electron chi connectivity index (χ3n) is 4.31. The van der Waals surface area contributed by atoms with Crippen molar-refractivity contribution in [3.63, 3.8) is 0 Å². The normalized spacial score (nSPS) is 22.7. The molecule has 20 heavy (non-hydrogen) atoms. The summed E-state index contributed by atoms with van der Waals surface area (Å²) >= 11 is 3.46. The Morgan fingerprint density at radius 3 is 2.60 bits per heavy atom. The first-order valence-electron chi connectivity index (χ1n) is 7.35. The Hall–Kier alpha value is -0.870. The third kappa shape index (κ3) is 4.06. The van der Waals surface area contributed by atoms with Gasteiger partial charge in [0.2, 0.25) is 0 Å². The summed E-state index contributed by atoms with van der Waals surface area (Å²) in [5, 5.41) is 12.5. The molecule has 0 aliphatic heterocycles. The van der Waals surface area contributed by atoms with Crippen molar-refractivity contribution in [2.45, 2.75) is 51.6 Å². The molecule has 0 spiro atoms. The molecule has 3 nitrogen and oxygen atoms in total. The second kappa shape index (κ2) is 7.23. The van der Waals surface area contributed by atoms with Gasteiger partial charge in [0.15, 0.2) is 0 Å². The lowest BCUT2D eigenvalue weighted by Gasteiger charge is -2.28. The van der Waals surface area contributed by atoms with Gasteiger partial charge < -0.3 is 10.4 Å². The van der Waals surface area contributed by atoms with E-state index in [1.807, 2.05) is 6.07 Å². The zero-order valence-electron chi connectivity index (χ0n) is 11.9. The van der Waals surface area contributed by atoms with Gasteiger partial charge in [-0.25, -0.2) is 4.79 Å². The predicted molar refractivity (Wildman–Crippen MR) is 84.0 cm³/mol. The minimum atomic E-state index is -0.886. The highest BCUT2D eigenvalue weighted by atomic mass is 79.9. The number of aromatic carboxylic acids is 1. The molecule has 0 bridgehead atoms. The molecule has 1 fully saturated rings. The van der Waals surface area contributed by atoms with E-state index in [4.69, 9.17) is 5.11 Å². The van der Waals surface area contributed by atoms with Crippen molar-refractivity contribution >= 4 is 21.9 Å². The van der Waals surface area contributed by atoms with Crippen LogP contribution in [-0.2, 0) is 6.54 Å². The molecule has 1 aliphatic rings. The highest BCUT2D eigenvalue weighted by Crippen LogP contribution is 2.27. The van der Waals surface area contributed by atoms with Crippen molar-refractivity contribution in [3.8, 4) is 0 Å². The standard InChI is InChI=1S/C16H22BrNO2/c1-2-11-3-7-14(8-4-11)18-10-13-6-5-12(16(19)20)9-15(13)17/h5-6,9,11,14,18H,2-4,7-8,10H2,1H3,(H,19,20). The summed E-state index contributed by atoms with van der Waals surface area (Å²) < 4.78 is 0.868. The maximum absolute atomic E-state index is 10.9. The van der Waals surface area contributed by atoms with Gasteiger partial charge in [-0.15, -0.1) is 0 Å². The van der Waals surface area contributed by atoms with Gasteiger partial charge in [0, 0.05) is 17.1 Å². The Bertz CT molecular complexity index is 468. The van der Waals surface area contributed by atoms with E-state index in [1.54, 1.807) is 12.1 Å². The van der Waals surface area contributed by atoms with E-state index in [2.05, 4.69) is 28.2 Å². The number of hydrogen-bond donors (Lipinski definition) is 2. The van der Waals surface area contributed by atoms with Crippen LogP contribution in [0.3, 0.4) is 0 Å².